The highest BCUT2D eigenvalue weighted by Crippen LogP contribution is 2.55. The van der Waals surface area contributed by atoms with Crippen LogP contribution in [0.25, 0.3) is 0 Å². The van der Waals surface area contributed by atoms with Crippen LogP contribution in [0.3, 0.4) is 0 Å². The fraction of sp³-hybridized carbons (Fsp3) is 0.438. The molecular formula is C16H16O4S. The Morgan fingerprint density at radius 3 is 2.71 bits per heavy atom. The quantitative estimate of drug-likeness (QED) is 0.590. The monoisotopic (exact) mass is 304 g/mol. The highest BCUT2D eigenvalue weighted by atomic mass is 32.2. The molecule has 4 atom stereocenters. The smallest absolute Gasteiger partial charge is 0.342 e. The molecule has 4 nitrogen and oxygen atoms in total. The van der Waals surface area contributed by atoms with Crippen LogP contribution in [0.2, 0.25) is 0 Å². The van der Waals surface area contributed by atoms with E-state index in [0.29, 0.717) is 12.2 Å². The summed E-state index contributed by atoms with van der Waals surface area (Å²) >= 11 is 0. The lowest BCUT2D eigenvalue weighted by molar-refractivity contribution is -0.180. The predicted molar refractivity (Wildman–Crippen MR) is 77.8 cm³/mol. The second-order valence-corrected chi connectivity index (χ2v) is 7.49. The van der Waals surface area contributed by atoms with Crippen LogP contribution in [-0.2, 0) is 25.1 Å². The Kier molecular flexibility index (Phi) is 2.84. The van der Waals surface area contributed by atoms with Gasteiger partial charge in [0.1, 0.15) is 4.75 Å². The maximum absolute atomic E-state index is 12.5. The first-order chi connectivity index (χ1) is 10.2. The van der Waals surface area contributed by atoms with Gasteiger partial charge in [0.15, 0.2) is 6.10 Å². The molecule has 1 aliphatic carbocycles. The first-order valence-corrected chi connectivity index (χ1v) is 8.51. The second kappa shape index (κ2) is 4.52. The van der Waals surface area contributed by atoms with Gasteiger partial charge in [-0.15, -0.1) is 0 Å². The number of hydrogen-bond acceptors (Lipinski definition) is 4. The molecule has 0 aromatic heterocycles. The Bertz CT molecular complexity index is 641. The molecule has 1 aromatic carbocycles. The summed E-state index contributed by atoms with van der Waals surface area (Å²) in [7, 11) is -1.09. The van der Waals surface area contributed by atoms with E-state index in [9.17, 15) is 9.00 Å². The largest absolute Gasteiger partial charge is 0.429 e. The molecular weight excluding hydrogens is 288 g/mol. The summed E-state index contributed by atoms with van der Waals surface area (Å²) in [4.78, 5) is 12.3. The van der Waals surface area contributed by atoms with E-state index in [4.69, 9.17) is 9.47 Å². The van der Waals surface area contributed by atoms with Gasteiger partial charge in [0.25, 0.3) is 0 Å². The summed E-state index contributed by atoms with van der Waals surface area (Å²) in [6.07, 6.45) is 5.34. The van der Waals surface area contributed by atoms with E-state index in [1.165, 1.54) is 0 Å². The molecule has 1 saturated heterocycles. The van der Waals surface area contributed by atoms with Crippen molar-refractivity contribution < 1.29 is 18.5 Å². The Hall–Kier alpha value is -1.46. The molecule has 1 aromatic rings. The third kappa shape index (κ3) is 1.71. The molecule has 110 valence electrons. The van der Waals surface area contributed by atoms with Gasteiger partial charge in [0, 0.05) is 23.0 Å². The standard InChI is InChI=1S/C16H16O4S/c17-14-13(12-6-2-1-3-7-12)19-16(20-14)10-4-8-15(16)9-5-11-21(15)18/h1-3,5-7,9,13H,4,8,10-11H2/t13-,15-,16+,21?/m1/s1. The molecule has 3 aliphatic rings. The summed E-state index contributed by atoms with van der Waals surface area (Å²) in [5, 5.41) is 0. The number of fused-ring (bicyclic) bond motifs is 1. The van der Waals surface area contributed by atoms with Crippen LogP contribution in [-0.4, -0.2) is 26.5 Å². The minimum atomic E-state index is -1.09. The summed E-state index contributed by atoms with van der Waals surface area (Å²) in [5.41, 5.74) is 0.786. The average molecular weight is 304 g/mol. The zero-order chi connectivity index (χ0) is 14.5. The molecule has 0 amide bonds. The highest BCUT2D eigenvalue weighted by Gasteiger charge is 2.67. The second-order valence-electron chi connectivity index (χ2n) is 5.74. The zero-order valence-corrected chi connectivity index (χ0v) is 12.3. The zero-order valence-electron chi connectivity index (χ0n) is 11.5. The molecule has 4 rings (SSSR count). The van der Waals surface area contributed by atoms with Crippen molar-refractivity contribution in [2.75, 3.05) is 5.75 Å². The van der Waals surface area contributed by atoms with E-state index in [1.807, 2.05) is 42.5 Å². The predicted octanol–water partition coefficient (Wildman–Crippen LogP) is 2.24. The van der Waals surface area contributed by atoms with Crippen molar-refractivity contribution in [1.82, 2.24) is 0 Å². The fourth-order valence-electron chi connectivity index (χ4n) is 3.64. The van der Waals surface area contributed by atoms with Gasteiger partial charge in [-0.3, -0.25) is 4.21 Å². The van der Waals surface area contributed by atoms with Crippen molar-refractivity contribution in [2.24, 2.45) is 0 Å². The van der Waals surface area contributed by atoms with E-state index >= 15 is 0 Å². The van der Waals surface area contributed by atoms with Crippen LogP contribution in [0.4, 0.5) is 0 Å². The molecule has 1 saturated carbocycles. The van der Waals surface area contributed by atoms with Gasteiger partial charge in [-0.25, -0.2) is 4.79 Å². The van der Waals surface area contributed by atoms with Gasteiger partial charge in [-0.1, -0.05) is 42.5 Å². The van der Waals surface area contributed by atoms with Gasteiger partial charge in [0.2, 0.25) is 5.79 Å². The Labute approximate surface area is 125 Å². The third-order valence-corrected chi connectivity index (χ3v) is 6.59. The minimum Gasteiger partial charge on any atom is -0.429 e. The third-order valence-electron chi connectivity index (χ3n) is 4.63. The number of carbonyl (C=O) groups is 1. The van der Waals surface area contributed by atoms with Crippen molar-refractivity contribution >= 4 is 16.8 Å². The molecule has 2 heterocycles. The van der Waals surface area contributed by atoms with Gasteiger partial charge >= 0.3 is 5.97 Å². The SMILES string of the molecule is O=C1O[C@]2(CCC[C@@]23C=CCS3=O)O[C@@H]1c1ccccc1. The number of carbonyl (C=O) groups excluding carboxylic acids is 1. The summed E-state index contributed by atoms with van der Waals surface area (Å²) in [6.45, 7) is 0. The van der Waals surface area contributed by atoms with Crippen LogP contribution in [0.1, 0.15) is 30.9 Å². The maximum atomic E-state index is 12.5. The van der Waals surface area contributed by atoms with Gasteiger partial charge in [-0.2, -0.15) is 0 Å². The van der Waals surface area contributed by atoms with Crippen molar-refractivity contribution in [2.45, 2.75) is 35.9 Å². The van der Waals surface area contributed by atoms with Gasteiger partial charge in [-0.05, 0) is 18.4 Å². The topological polar surface area (TPSA) is 52.6 Å². The first-order valence-electron chi connectivity index (χ1n) is 7.19. The summed E-state index contributed by atoms with van der Waals surface area (Å²) in [5.74, 6) is -0.916. The fourth-order valence-corrected chi connectivity index (χ4v) is 5.37. The average Bonchev–Trinajstić information content (AvgIpc) is 3.14. The van der Waals surface area contributed by atoms with Gasteiger partial charge < -0.3 is 9.47 Å². The number of hydrogen-bond donors (Lipinski definition) is 0. The van der Waals surface area contributed by atoms with Gasteiger partial charge in [0.05, 0.1) is 0 Å². The Balaban J connectivity index is 1.73. The summed E-state index contributed by atoms with van der Waals surface area (Å²) < 4.78 is 23.6. The van der Waals surface area contributed by atoms with E-state index in [-0.39, 0.29) is 5.97 Å². The van der Waals surface area contributed by atoms with Crippen LogP contribution in [0, 0.1) is 0 Å². The molecule has 2 fully saturated rings. The minimum absolute atomic E-state index is 0.375. The molecule has 5 heteroatoms. The number of benzene rings is 1. The summed E-state index contributed by atoms with van der Waals surface area (Å²) in [6, 6.07) is 9.34. The molecule has 0 N–H and O–H groups in total. The van der Waals surface area contributed by atoms with E-state index in [2.05, 4.69) is 0 Å². The maximum Gasteiger partial charge on any atom is 0.342 e. The number of rotatable bonds is 1. The molecule has 21 heavy (non-hydrogen) atoms. The van der Waals surface area contributed by atoms with E-state index in [0.717, 1.165) is 18.4 Å². The number of ether oxygens (including phenoxy) is 2. The Morgan fingerprint density at radius 2 is 2.00 bits per heavy atom. The lowest BCUT2D eigenvalue weighted by atomic mass is 10.0. The van der Waals surface area contributed by atoms with E-state index < -0.39 is 27.4 Å². The lowest BCUT2D eigenvalue weighted by Crippen LogP contribution is -2.51. The normalized spacial score (nSPS) is 41.2. The van der Waals surface area contributed by atoms with Crippen LogP contribution < -0.4 is 0 Å². The first kappa shape index (κ1) is 13.2. The van der Waals surface area contributed by atoms with Crippen LogP contribution >= 0.6 is 0 Å². The van der Waals surface area contributed by atoms with Crippen LogP contribution in [0.5, 0.6) is 0 Å². The molecule has 2 spiro atoms. The highest BCUT2D eigenvalue weighted by molar-refractivity contribution is 7.87. The molecule has 0 radical (unpaired) electrons. The Morgan fingerprint density at radius 1 is 1.19 bits per heavy atom. The van der Waals surface area contributed by atoms with Crippen molar-refractivity contribution in [3.05, 3.63) is 48.0 Å². The van der Waals surface area contributed by atoms with Crippen molar-refractivity contribution in [3.8, 4) is 0 Å². The lowest BCUT2D eigenvalue weighted by Gasteiger charge is -2.35. The van der Waals surface area contributed by atoms with Crippen molar-refractivity contribution in [1.29, 1.82) is 0 Å². The molecule has 1 unspecified atom stereocenters. The molecule has 0 bridgehead atoms. The van der Waals surface area contributed by atoms with E-state index in [1.54, 1.807) is 0 Å². The molecule has 2 aliphatic heterocycles. The number of esters is 1. The van der Waals surface area contributed by atoms with Crippen molar-refractivity contribution in [3.63, 3.8) is 0 Å². The van der Waals surface area contributed by atoms with Crippen LogP contribution in [0.15, 0.2) is 42.5 Å².